The highest BCUT2D eigenvalue weighted by atomic mass is 32.2. The van der Waals surface area contributed by atoms with E-state index in [0.29, 0.717) is 0 Å². The topological polar surface area (TPSA) is 0 Å². The molecule has 0 saturated carbocycles. The Bertz CT molecular complexity index is 500. The number of rotatable bonds is 5. The maximum atomic E-state index is 2.28. The van der Waals surface area contributed by atoms with E-state index >= 15 is 0 Å². The molecule has 0 nitrogen and oxygen atoms in total. The molecule has 0 aromatic heterocycles. The molecular weight excluding hydrogens is 236 g/mol. The Hall–Kier alpha value is -1.47. The third-order valence-electron chi connectivity index (χ3n) is 2.76. The molecule has 2 aromatic carbocycles. The summed E-state index contributed by atoms with van der Waals surface area (Å²) in [5.41, 5.74) is 2.67. The molecule has 2 aromatic rings. The van der Waals surface area contributed by atoms with E-state index in [1.807, 2.05) is 17.8 Å². The minimum atomic E-state index is 1.02. The summed E-state index contributed by atoms with van der Waals surface area (Å²) < 4.78 is 0. The van der Waals surface area contributed by atoms with E-state index in [9.17, 15) is 0 Å². The van der Waals surface area contributed by atoms with Gasteiger partial charge in [-0.25, -0.2) is 0 Å². The van der Waals surface area contributed by atoms with Gasteiger partial charge in [-0.15, -0.1) is 11.8 Å². The number of aryl methyl sites for hydroxylation is 1. The lowest BCUT2D eigenvalue weighted by molar-refractivity contribution is 1.12. The lowest BCUT2D eigenvalue weighted by Crippen LogP contribution is -1.80. The molecule has 0 aliphatic heterocycles. The molecular formula is C17H18S. The summed E-state index contributed by atoms with van der Waals surface area (Å²) in [6.07, 6.45) is 5.50. The largest absolute Gasteiger partial charge is 0.122 e. The Kier molecular flexibility index (Phi) is 5.10. The fraction of sp³-hybridized carbons (Fsp3) is 0.176. The minimum Gasteiger partial charge on any atom is -0.122 e. The molecule has 1 heteroatoms. The van der Waals surface area contributed by atoms with Crippen molar-refractivity contribution < 1.29 is 0 Å². The van der Waals surface area contributed by atoms with Crippen LogP contribution in [0.15, 0.2) is 65.6 Å². The summed E-state index contributed by atoms with van der Waals surface area (Å²) in [7, 11) is 0. The normalized spacial score (nSPS) is 10.9. The fourth-order valence-electron chi connectivity index (χ4n) is 1.75. The number of hydrogen-bond donors (Lipinski definition) is 0. The molecule has 0 heterocycles. The van der Waals surface area contributed by atoms with Gasteiger partial charge in [0, 0.05) is 10.6 Å². The van der Waals surface area contributed by atoms with E-state index in [1.165, 1.54) is 16.0 Å². The quantitative estimate of drug-likeness (QED) is 0.672. The lowest BCUT2D eigenvalue weighted by Gasteiger charge is -2.01. The molecule has 0 aliphatic carbocycles. The van der Waals surface area contributed by atoms with Crippen LogP contribution >= 0.6 is 11.8 Å². The zero-order chi connectivity index (χ0) is 12.6. The third-order valence-corrected chi connectivity index (χ3v) is 3.71. The molecule has 0 N–H and O–H groups in total. The van der Waals surface area contributed by atoms with Gasteiger partial charge < -0.3 is 0 Å². The van der Waals surface area contributed by atoms with Crippen LogP contribution in [0.1, 0.15) is 18.1 Å². The fourth-order valence-corrected chi connectivity index (χ4v) is 2.54. The Balaban J connectivity index is 1.86. The highest BCUT2D eigenvalue weighted by Crippen LogP contribution is 2.19. The van der Waals surface area contributed by atoms with Gasteiger partial charge in [-0.05, 0) is 29.7 Å². The average Bonchev–Trinajstić information content (AvgIpc) is 2.45. The summed E-state index contributed by atoms with van der Waals surface area (Å²) in [4.78, 5) is 1.35. The number of thioether (sulfide) groups is 1. The Morgan fingerprint density at radius 3 is 2.61 bits per heavy atom. The van der Waals surface area contributed by atoms with Gasteiger partial charge >= 0.3 is 0 Å². The molecule has 0 spiro atoms. The summed E-state index contributed by atoms with van der Waals surface area (Å²) in [6, 6.07) is 19.2. The van der Waals surface area contributed by atoms with Crippen LogP contribution in [0.5, 0.6) is 0 Å². The lowest BCUT2D eigenvalue weighted by atomic mass is 10.2. The average molecular weight is 254 g/mol. The molecule has 0 amide bonds. The van der Waals surface area contributed by atoms with Gasteiger partial charge in [0.05, 0.1) is 0 Å². The zero-order valence-electron chi connectivity index (χ0n) is 10.7. The van der Waals surface area contributed by atoms with E-state index in [1.54, 1.807) is 0 Å². The molecule has 0 bridgehead atoms. The Morgan fingerprint density at radius 2 is 1.83 bits per heavy atom. The van der Waals surface area contributed by atoms with Crippen LogP contribution in [0.25, 0.3) is 6.08 Å². The van der Waals surface area contributed by atoms with Crippen LogP contribution in [0.4, 0.5) is 0 Å². The van der Waals surface area contributed by atoms with Gasteiger partial charge in [0.2, 0.25) is 0 Å². The van der Waals surface area contributed by atoms with Crippen molar-refractivity contribution in [1.82, 2.24) is 0 Å². The van der Waals surface area contributed by atoms with Crippen molar-refractivity contribution in [3.63, 3.8) is 0 Å². The Morgan fingerprint density at radius 1 is 1.00 bits per heavy atom. The molecule has 0 saturated heterocycles. The van der Waals surface area contributed by atoms with Gasteiger partial charge in [-0.3, -0.25) is 0 Å². The molecule has 0 atom stereocenters. The van der Waals surface area contributed by atoms with E-state index in [4.69, 9.17) is 0 Å². The van der Waals surface area contributed by atoms with Crippen LogP contribution in [-0.2, 0) is 6.42 Å². The molecule has 18 heavy (non-hydrogen) atoms. The highest BCUT2D eigenvalue weighted by Gasteiger charge is 1.93. The van der Waals surface area contributed by atoms with Gasteiger partial charge in [0.1, 0.15) is 0 Å². The van der Waals surface area contributed by atoms with Gasteiger partial charge in [-0.1, -0.05) is 61.5 Å². The van der Waals surface area contributed by atoms with Crippen LogP contribution in [-0.4, -0.2) is 5.75 Å². The molecule has 0 fully saturated rings. The summed E-state index contributed by atoms with van der Waals surface area (Å²) in [5, 5.41) is 0. The van der Waals surface area contributed by atoms with E-state index in [-0.39, 0.29) is 0 Å². The maximum absolute atomic E-state index is 2.28. The smallest absolute Gasteiger partial charge is 0.0164 e. The SMILES string of the molecule is CCc1cccc(SCC=Cc2ccccc2)c1. The first-order chi connectivity index (χ1) is 8.88. The van der Waals surface area contributed by atoms with Gasteiger partial charge in [-0.2, -0.15) is 0 Å². The van der Waals surface area contributed by atoms with Crippen LogP contribution in [0.3, 0.4) is 0 Å². The first-order valence-electron chi connectivity index (χ1n) is 6.32. The Labute approximate surface area is 114 Å². The van der Waals surface area contributed by atoms with Crippen molar-refractivity contribution in [2.45, 2.75) is 18.2 Å². The van der Waals surface area contributed by atoms with Crippen LogP contribution < -0.4 is 0 Å². The summed E-state index contributed by atoms with van der Waals surface area (Å²) >= 11 is 1.88. The van der Waals surface area contributed by atoms with Crippen molar-refractivity contribution in [3.8, 4) is 0 Å². The molecule has 0 radical (unpaired) electrons. The second-order valence-electron chi connectivity index (χ2n) is 4.13. The van der Waals surface area contributed by atoms with Gasteiger partial charge in [0.15, 0.2) is 0 Å². The first-order valence-corrected chi connectivity index (χ1v) is 7.30. The molecule has 0 unspecified atom stereocenters. The van der Waals surface area contributed by atoms with Crippen molar-refractivity contribution in [3.05, 3.63) is 71.8 Å². The predicted molar refractivity (Wildman–Crippen MR) is 82.0 cm³/mol. The molecule has 2 rings (SSSR count). The van der Waals surface area contributed by atoms with Crippen molar-refractivity contribution in [1.29, 1.82) is 0 Å². The van der Waals surface area contributed by atoms with E-state index < -0.39 is 0 Å². The van der Waals surface area contributed by atoms with Crippen LogP contribution in [0.2, 0.25) is 0 Å². The molecule has 0 aliphatic rings. The first kappa shape index (κ1) is 13.0. The summed E-state index contributed by atoms with van der Waals surface area (Å²) in [5.74, 6) is 1.02. The monoisotopic (exact) mass is 254 g/mol. The van der Waals surface area contributed by atoms with Crippen molar-refractivity contribution >= 4 is 17.8 Å². The predicted octanol–water partition coefficient (Wildman–Crippen LogP) is 5.05. The van der Waals surface area contributed by atoms with Crippen LogP contribution in [0, 0.1) is 0 Å². The minimum absolute atomic E-state index is 1.02. The second kappa shape index (κ2) is 7.07. The van der Waals surface area contributed by atoms with Crippen molar-refractivity contribution in [2.24, 2.45) is 0 Å². The number of hydrogen-bond acceptors (Lipinski definition) is 1. The standard InChI is InChI=1S/C17H18S/c1-2-15-10-6-12-17(14-15)18-13-7-11-16-8-4-3-5-9-16/h3-12,14H,2,13H2,1H3. The maximum Gasteiger partial charge on any atom is 0.0164 e. The molecule has 92 valence electrons. The van der Waals surface area contributed by atoms with Gasteiger partial charge in [0.25, 0.3) is 0 Å². The summed E-state index contributed by atoms with van der Waals surface area (Å²) in [6.45, 7) is 2.19. The number of benzene rings is 2. The highest BCUT2D eigenvalue weighted by molar-refractivity contribution is 7.99. The van der Waals surface area contributed by atoms with E-state index in [0.717, 1.165) is 12.2 Å². The third kappa shape index (κ3) is 4.08. The zero-order valence-corrected chi connectivity index (χ0v) is 11.5. The second-order valence-corrected chi connectivity index (χ2v) is 5.22. The van der Waals surface area contributed by atoms with Crippen molar-refractivity contribution in [2.75, 3.05) is 5.75 Å². The van der Waals surface area contributed by atoms with E-state index in [2.05, 4.69) is 67.6 Å².